The number of hydrogen-bond donors (Lipinski definition) is 3. The van der Waals surface area contributed by atoms with Gasteiger partial charge in [0.2, 0.25) is 0 Å². The molecule has 20 heavy (non-hydrogen) atoms. The Balaban J connectivity index is 1.88. The van der Waals surface area contributed by atoms with E-state index >= 15 is 0 Å². The number of hydrogen-bond acceptors (Lipinski definition) is 6. The van der Waals surface area contributed by atoms with Crippen molar-refractivity contribution in [3.05, 3.63) is 53.2 Å². The smallest absolute Gasteiger partial charge is 0.123 e. The van der Waals surface area contributed by atoms with Crippen LogP contribution in [-0.4, -0.2) is 9.97 Å². The van der Waals surface area contributed by atoms with Crippen LogP contribution in [0.5, 0.6) is 0 Å². The van der Waals surface area contributed by atoms with Gasteiger partial charge in [-0.3, -0.25) is 16.3 Å². The van der Waals surface area contributed by atoms with Crippen molar-refractivity contribution >= 4 is 27.4 Å². The molecule has 0 radical (unpaired) electrons. The molecule has 3 aromatic heterocycles. The second kappa shape index (κ2) is 5.54. The highest BCUT2D eigenvalue weighted by molar-refractivity contribution is 7.17. The third kappa shape index (κ3) is 2.62. The highest BCUT2D eigenvalue weighted by atomic mass is 32.1. The van der Waals surface area contributed by atoms with Crippen LogP contribution < -0.4 is 17.0 Å². The lowest BCUT2D eigenvalue weighted by molar-refractivity contribution is 0.551. The number of anilines is 1. The van der Waals surface area contributed by atoms with Gasteiger partial charge < -0.3 is 5.73 Å². The molecule has 0 aliphatic carbocycles. The number of hydrazine groups is 1. The molecule has 3 aromatic rings. The largest absolute Gasteiger partial charge is 0.384 e. The molecule has 0 aliphatic rings. The van der Waals surface area contributed by atoms with Gasteiger partial charge in [0.15, 0.2) is 0 Å². The maximum absolute atomic E-state index is 5.70. The van der Waals surface area contributed by atoms with Gasteiger partial charge in [-0.1, -0.05) is 0 Å². The van der Waals surface area contributed by atoms with Gasteiger partial charge >= 0.3 is 0 Å². The standard InChI is InChI=1S/C14H15N5S/c15-14-6-9(1-3-17-14)5-12(19-16)10-7-13-11(18-8-10)2-4-20-13/h1-4,6-8,12,19H,5,16H2,(H2,15,17). The second-order valence-corrected chi connectivity index (χ2v) is 5.53. The Kier molecular flexibility index (Phi) is 3.60. The minimum atomic E-state index is -0.00389. The van der Waals surface area contributed by atoms with Crippen LogP contribution in [0, 0.1) is 0 Å². The van der Waals surface area contributed by atoms with Crippen LogP contribution in [-0.2, 0) is 6.42 Å². The lowest BCUT2D eigenvalue weighted by Crippen LogP contribution is -2.29. The highest BCUT2D eigenvalue weighted by Gasteiger charge is 2.12. The van der Waals surface area contributed by atoms with E-state index in [0.717, 1.165) is 27.8 Å². The molecule has 0 spiro atoms. The minimum absolute atomic E-state index is 0.00389. The van der Waals surface area contributed by atoms with Crippen molar-refractivity contribution in [3.63, 3.8) is 0 Å². The molecule has 0 fully saturated rings. The predicted molar refractivity (Wildman–Crippen MR) is 82.0 cm³/mol. The molecule has 3 heterocycles. The third-order valence-corrected chi connectivity index (χ3v) is 4.07. The fourth-order valence-electron chi connectivity index (χ4n) is 2.18. The summed E-state index contributed by atoms with van der Waals surface area (Å²) in [6.07, 6.45) is 4.31. The highest BCUT2D eigenvalue weighted by Crippen LogP contribution is 2.24. The molecule has 5 N–H and O–H groups in total. The van der Waals surface area contributed by atoms with Gasteiger partial charge in [-0.15, -0.1) is 11.3 Å². The quantitative estimate of drug-likeness (QED) is 0.504. The number of rotatable bonds is 4. The van der Waals surface area contributed by atoms with E-state index in [1.807, 2.05) is 29.8 Å². The first-order chi connectivity index (χ1) is 9.76. The zero-order chi connectivity index (χ0) is 13.9. The third-order valence-electron chi connectivity index (χ3n) is 3.21. The number of pyridine rings is 2. The first kappa shape index (κ1) is 13.0. The van der Waals surface area contributed by atoms with Gasteiger partial charge in [0.1, 0.15) is 5.82 Å². The van der Waals surface area contributed by atoms with Crippen molar-refractivity contribution in [2.45, 2.75) is 12.5 Å². The first-order valence-electron chi connectivity index (χ1n) is 6.26. The average Bonchev–Trinajstić information content (AvgIpc) is 2.92. The summed E-state index contributed by atoms with van der Waals surface area (Å²) in [6, 6.07) is 7.94. The van der Waals surface area contributed by atoms with Gasteiger partial charge in [0, 0.05) is 12.4 Å². The number of thiophene rings is 1. The van der Waals surface area contributed by atoms with E-state index < -0.39 is 0 Å². The Morgan fingerprint density at radius 2 is 2.15 bits per heavy atom. The molecular formula is C14H15N5S. The summed E-state index contributed by atoms with van der Waals surface area (Å²) in [5.41, 5.74) is 11.7. The number of nitrogens with one attached hydrogen (secondary N) is 1. The maximum Gasteiger partial charge on any atom is 0.123 e. The minimum Gasteiger partial charge on any atom is -0.384 e. The monoisotopic (exact) mass is 285 g/mol. The van der Waals surface area contributed by atoms with Crippen LogP contribution in [0.2, 0.25) is 0 Å². The van der Waals surface area contributed by atoms with E-state index in [1.165, 1.54) is 0 Å². The van der Waals surface area contributed by atoms with Gasteiger partial charge in [0.25, 0.3) is 0 Å². The Hall–Kier alpha value is -2.02. The van der Waals surface area contributed by atoms with Crippen molar-refractivity contribution in [1.29, 1.82) is 0 Å². The average molecular weight is 285 g/mol. The van der Waals surface area contributed by atoms with Gasteiger partial charge in [0.05, 0.1) is 16.3 Å². The Morgan fingerprint density at radius 3 is 2.95 bits per heavy atom. The van der Waals surface area contributed by atoms with E-state index in [4.69, 9.17) is 11.6 Å². The predicted octanol–water partition coefficient (Wildman–Crippen LogP) is 2.02. The van der Waals surface area contributed by atoms with Crippen LogP contribution in [0.15, 0.2) is 42.0 Å². The number of nitrogens with two attached hydrogens (primary N) is 2. The first-order valence-corrected chi connectivity index (χ1v) is 7.14. The normalized spacial score (nSPS) is 12.7. The summed E-state index contributed by atoms with van der Waals surface area (Å²) in [5.74, 6) is 6.21. The number of nitrogens with zero attached hydrogens (tertiary/aromatic N) is 2. The molecule has 1 unspecified atom stereocenters. The van der Waals surface area contributed by atoms with Crippen molar-refractivity contribution in [1.82, 2.24) is 15.4 Å². The molecule has 6 heteroatoms. The number of aromatic nitrogens is 2. The van der Waals surface area contributed by atoms with Crippen LogP contribution in [0.3, 0.4) is 0 Å². The molecule has 0 aliphatic heterocycles. The molecular weight excluding hydrogens is 270 g/mol. The molecule has 3 rings (SSSR count). The van der Waals surface area contributed by atoms with Crippen molar-refractivity contribution < 1.29 is 0 Å². The van der Waals surface area contributed by atoms with Gasteiger partial charge in [-0.2, -0.15) is 0 Å². The summed E-state index contributed by atoms with van der Waals surface area (Å²) in [7, 11) is 0. The van der Waals surface area contributed by atoms with Crippen LogP contribution >= 0.6 is 11.3 Å². The van der Waals surface area contributed by atoms with Gasteiger partial charge in [-0.25, -0.2) is 4.98 Å². The molecule has 102 valence electrons. The summed E-state index contributed by atoms with van der Waals surface area (Å²) < 4.78 is 1.16. The topological polar surface area (TPSA) is 89.8 Å². The fourth-order valence-corrected chi connectivity index (χ4v) is 2.97. The maximum atomic E-state index is 5.70. The Morgan fingerprint density at radius 1 is 1.25 bits per heavy atom. The molecule has 1 atom stereocenters. The van der Waals surface area contributed by atoms with Crippen molar-refractivity contribution in [3.8, 4) is 0 Å². The van der Waals surface area contributed by atoms with E-state index in [9.17, 15) is 0 Å². The SMILES string of the molecule is NNC(Cc1ccnc(N)c1)c1cnc2ccsc2c1. The summed E-state index contributed by atoms with van der Waals surface area (Å²) in [5, 5.41) is 2.04. The fraction of sp³-hybridized carbons (Fsp3) is 0.143. The molecule has 0 saturated carbocycles. The molecule has 0 bridgehead atoms. The lowest BCUT2D eigenvalue weighted by atomic mass is 10.0. The Bertz CT molecular complexity index is 724. The van der Waals surface area contributed by atoms with Crippen molar-refractivity contribution in [2.24, 2.45) is 5.84 Å². The zero-order valence-corrected chi connectivity index (χ0v) is 11.6. The van der Waals surface area contributed by atoms with E-state index in [2.05, 4.69) is 21.5 Å². The molecule has 0 saturated heterocycles. The summed E-state index contributed by atoms with van der Waals surface area (Å²) in [6.45, 7) is 0. The number of fused-ring (bicyclic) bond motifs is 1. The zero-order valence-electron chi connectivity index (χ0n) is 10.8. The lowest BCUT2D eigenvalue weighted by Gasteiger charge is -2.16. The molecule has 0 aromatic carbocycles. The van der Waals surface area contributed by atoms with E-state index in [0.29, 0.717) is 5.82 Å². The molecule has 0 amide bonds. The Labute approximate surface area is 120 Å². The van der Waals surface area contributed by atoms with Crippen LogP contribution in [0.25, 0.3) is 10.2 Å². The van der Waals surface area contributed by atoms with E-state index in [-0.39, 0.29) is 6.04 Å². The van der Waals surface area contributed by atoms with Crippen LogP contribution in [0.1, 0.15) is 17.2 Å². The van der Waals surface area contributed by atoms with E-state index in [1.54, 1.807) is 17.5 Å². The summed E-state index contributed by atoms with van der Waals surface area (Å²) >= 11 is 1.68. The van der Waals surface area contributed by atoms with Crippen LogP contribution in [0.4, 0.5) is 5.82 Å². The molecule has 5 nitrogen and oxygen atoms in total. The second-order valence-electron chi connectivity index (χ2n) is 4.58. The van der Waals surface area contributed by atoms with Crippen molar-refractivity contribution in [2.75, 3.05) is 5.73 Å². The number of nitrogen functional groups attached to an aromatic ring is 1. The summed E-state index contributed by atoms with van der Waals surface area (Å²) in [4.78, 5) is 8.44. The van der Waals surface area contributed by atoms with Gasteiger partial charge in [-0.05, 0) is 47.2 Å².